The molecule has 2 aliphatic rings. The summed E-state index contributed by atoms with van der Waals surface area (Å²) in [5.74, 6) is 0.770. The molecule has 2 heterocycles. The minimum atomic E-state index is 0.130. The van der Waals surface area contributed by atoms with Crippen molar-refractivity contribution in [2.24, 2.45) is 5.92 Å². The fraction of sp³-hybridized carbons (Fsp3) is 0.471. The SMILES string of the molecule is O=C([C@@H]1C[C@H]1c1ccc(Cl)cc1)N1CCC[C@H](n2cncn2)C1. The van der Waals surface area contributed by atoms with E-state index < -0.39 is 0 Å². The first kappa shape index (κ1) is 14.7. The minimum Gasteiger partial charge on any atom is -0.340 e. The molecule has 1 aliphatic carbocycles. The lowest BCUT2D eigenvalue weighted by molar-refractivity contribution is -0.134. The number of halogens is 1. The van der Waals surface area contributed by atoms with Crippen molar-refractivity contribution in [2.75, 3.05) is 13.1 Å². The van der Waals surface area contributed by atoms with Crippen LogP contribution in [-0.2, 0) is 4.79 Å². The molecule has 0 radical (unpaired) electrons. The van der Waals surface area contributed by atoms with E-state index in [9.17, 15) is 4.79 Å². The lowest BCUT2D eigenvalue weighted by atomic mass is 10.0. The van der Waals surface area contributed by atoms with Crippen LogP contribution in [0.5, 0.6) is 0 Å². The number of hydrogen-bond donors (Lipinski definition) is 0. The maximum absolute atomic E-state index is 12.8. The van der Waals surface area contributed by atoms with E-state index in [0.717, 1.165) is 37.4 Å². The fourth-order valence-electron chi connectivity index (χ4n) is 3.56. The van der Waals surface area contributed by atoms with Crippen LogP contribution >= 0.6 is 11.6 Å². The summed E-state index contributed by atoms with van der Waals surface area (Å²) < 4.78 is 1.88. The van der Waals surface area contributed by atoms with Crippen molar-refractivity contribution >= 4 is 17.5 Å². The molecule has 2 aromatic rings. The summed E-state index contributed by atoms with van der Waals surface area (Å²) in [7, 11) is 0. The molecule has 120 valence electrons. The van der Waals surface area contributed by atoms with E-state index in [1.54, 1.807) is 12.7 Å². The highest BCUT2D eigenvalue weighted by atomic mass is 35.5. The molecule has 23 heavy (non-hydrogen) atoms. The van der Waals surface area contributed by atoms with Crippen LogP contribution in [0.1, 0.15) is 36.8 Å². The second kappa shape index (κ2) is 5.96. The van der Waals surface area contributed by atoms with Crippen LogP contribution in [0.2, 0.25) is 5.02 Å². The first-order valence-electron chi connectivity index (χ1n) is 8.11. The maximum Gasteiger partial charge on any atom is 0.226 e. The summed E-state index contributed by atoms with van der Waals surface area (Å²) in [6.45, 7) is 1.60. The average molecular weight is 331 g/mol. The summed E-state index contributed by atoms with van der Waals surface area (Å²) in [4.78, 5) is 18.8. The molecule has 1 aromatic heterocycles. The molecule has 0 N–H and O–H groups in total. The number of benzene rings is 1. The minimum absolute atomic E-state index is 0.130. The monoisotopic (exact) mass is 330 g/mol. The number of nitrogens with zero attached hydrogens (tertiary/aromatic N) is 4. The molecule has 1 saturated carbocycles. The third-order valence-corrected chi connectivity index (χ3v) is 5.18. The number of piperidine rings is 1. The molecule has 6 heteroatoms. The summed E-state index contributed by atoms with van der Waals surface area (Å²) in [5.41, 5.74) is 1.22. The highest BCUT2D eigenvalue weighted by Gasteiger charge is 2.46. The largest absolute Gasteiger partial charge is 0.340 e. The first-order chi connectivity index (χ1) is 11.2. The molecule has 1 saturated heterocycles. The fourth-order valence-corrected chi connectivity index (χ4v) is 3.68. The van der Waals surface area contributed by atoms with Gasteiger partial charge in [0.15, 0.2) is 0 Å². The number of hydrogen-bond acceptors (Lipinski definition) is 3. The van der Waals surface area contributed by atoms with Gasteiger partial charge in [0.05, 0.1) is 6.04 Å². The van der Waals surface area contributed by atoms with Crippen LogP contribution in [-0.4, -0.2) is 38.7 Å². The second-order valence-electron chi connectivity index (χ2n) is 6.46. The predicted octanol–water partition coefficient (Wildman–Crippen LogP) is 2.90. The van der Waals surface area contributed by atoms with Crippen LogP contribution in [0.25, 0.3) is 0 Å². The van der Waals surface area contributed by atoms with Crippen LogP contribution in [0, 0.1) is 5.92 Å². The zero-order chi connectivity index (χ0) is 15.8. The Bertz CT molecular complexity index is 685. The molecule has 0 bridgehead atoms. The van der Waals surface area contributed by atoms with Crippen molar-refractivity contribution in [2.45, 2.75) is 31.2 Å². The molecule has 1 aliphatic heterocycles. The lowest BCUT2D eigenvalue weighted by Crippen LogP contribution is -2.41. The van der Waals surface area contributed by atoms with E-state index in [1.807, 2.05) is 33.8 Å². The van der Waals surface area contributed by atoms with Gasteiger partial charge in [0.2, 0.25) is 5.91 Å². The van der Waals surface area contributed by atoms with Crippen molar-refractivity contribution in [1.29, 1.82) is 0 Å². The van der Waals surface area contributed by atoms with Crippen molar-refractivity contribution in [1.82, 2.24) is 19.7 Å². The van der Waals surface area contributed by atoms with Crippen LogP contribution in [0.4, 0.5) is 0 Å². The molecule has 0 unspecified atom stereocenters. The number of carbonyl (C=O) groups is 1. The van der Waals surface area contributed by atoms with Gasteiger partial charge in [-0.3, -0.25) is 4.79 Å². The number of amides is 1. The molecular formula is C17H19ClN4O. The Kier molecular flexibility index (Phi) is 3.81. The third kappa shape index (κ3) is 2.98. The van der Waals surface area contributed by atoms with Crippen LogP contribution in [0.3, 0.4) is 0 Å². The van der Waals surface area contributed by atoms with Gasteiger partial charge in [0.25, 0.3) is 0 Å². The summed E-state index contributed by atoms with van der Waals surface area (Å²) in [6, 6.07) is 8.13. The summed E-state index contributed by atoms with van der Waals surface area (Å²) >= 11 is 5.93. The van der Waals surface area contributed by atoms with Crippen molar-refractivity contribution in [3.8, 4) is 0 Å². The standard InChI is InChI=1S/C17H19ClN4O/c18-13-5-3-12(4-6-13)15-8-16(15)17(23)21-7-1-2-14(9-21)22-11-19-10-20-22/h3-6,10-11,14-16H,1-2,7-9H2/t14-,15-,16+/m0/s1. The Balaban J connectivity index is 1.40. The van der Waals surface area contributed by atoms with Gasteiger partial charge >= 0.3 is 0 Å². The maximum atomic E-state index is 12.8. The van der Waals surface area contributed by atoms with Gasteiger partial charge < -0.3 is 4.90 Å². The molecule has 1 aromatic carbocycles. The second-order valence-corrected chi connectivity index (χ2v) is 6.89. The summed E-state index contributed by atoms with van der Waals surface area (Å²) in [6.07, 6.45) is 6.32. The van der Waals surface area contributed by atoms with Gasteiger partial charge in [0, 0.05) is 24.0 Å². The highest BCUT2D eigenvalue weighted by Crippen LogP contribution is 2.49. The number of carbonyl (C=O) groups excluding carboxylic acids is 1. The smallest absolute Gasteiger partial charge is 0.226 e. The zero-order valence-electron chi connectivity index (χ0n) is 12.8. The Labute approximate surface area is 140 Å². The molecule has 5 nitrogen and oxygen atoms in total. The average Bonchev–Trinajstić information content (AvgIpc) is 3.18. The highest BCUT2D eigenvalue weighted by molar-refractivity contribution is 6.30. The Morgan fingerprint density at radius 3 is 2.83 bits per heavy atom. The first-order valence-corrected chi connectivity index (χ1v) is 8.48. The molecule has 4 rings (SSSR count). The van der Waals surface area contributed by atoms with Gasteiger partial charge in [-0.1, -0.05) is 23.7 Å². The summed E-state index contributed by atoms with van der Waals surface area (Å²) in [5, 5.41) is 4.96. The van der Waals surface area contributed by atoms with E-state index in [-0.39, 0.29) is 17.9 Å². The van der Waals surface area contributed by atoms with E-state index >= 15 is 0 Å². The Morgan fingerprint density at radius 2 is 2.09 bits per heavy atom. The Morgan fingerprint density at radius 1 is 1.26 bits per heavy atom. The lowest BCUT2D eigenvalue weighted by Gasteiger charge is -2.32. The van der Waals surface area contributed by atoms with Crippen LogP contribution < -0.4 is 0 Å². The number of rotatable bonds is 3. The predicted molar refractivity (Wildman–Crippen MR) is 87.2 cm³/mol. The molecule has 1 amide bonds. The molecular weight excluding hydrogens is 312 g/mol. The topological polar surface area (TPSA) is 51.0 Å². The molecule has 2 fully saturated rings. The van der Waals surface area contributed by atoms with Gasteiger partial charge in [-0.05, 0) is 42.9 Å². The quantitative estimate of drug-likeness (QED) is 0.869. The number of aromatic nitrogens is 3. The van der Waals surface area contributed by atoms with E-state index in [1.165, 1.54) is 5.56 Å². The molecule has 0 spiro atoms. The van der Waals surface area contributed by atoms with Gasteiger partial charge in [-0.2, -0.15) is 5.10 Å². The van der Waals surface area contributed by atoms with E-state index in [4.69, 9.17) is 11.6 Å². The molecule has 3 atom stereocenters. The van der Waals surface area contributed by atoms with E-state index in [2.05, 4.69) is 10.1 Å². The zero-order valence-corrected chi connectivity index (χ0v) is 13.6. The van der Waals surface area contributed by atoms with Gasteiger partial charge in [-0.15, -0.1) is 0 Å². The van der Waals surface area contributed by atoms with E-state index in [0.29, 0.717) is 5.92 Å². The third-order valence-electron chi connectivity index (χ3n) is 4.92. The van der Waals surface area contributed by atoms with Crippen molar-refractivity contribution < 1.29 is 4.79 Å². The Hall–Kier alpha value is -1.88. The van der Waals surface area contributed by atoms with Gasteiger partial charge in [-0.25, -0.2) is 9.67 Å². The number of likely N-dealkylation sites (tertiary alicyclic amines) is 1. The van der Waals surface area contributed by atoms with Crippen LogP contribution in [0.15, 0.2) is 36.9 Å². The van der Waals surface area contributed by atoms with Crippen molar-refractivity contribution in [3.05, 3.63) is 47.5 Å². The normalized spacial score (nSPS) is 27.0. The van der Waals surface area contributed by atoms with Gasteiger partial charge in [0.1, 0.15) is 12.7 Å². The van der Waals surface area contributed by atoms with Crippen molar-refractivity contribution in [3.63, 3.8) is 0 Å².